The lowest BCUT2D eigenvalue weighted by Crippen LogP contribution is -2.41. The minimum Gasteiger partial charge on any atom is -0.454 e. The molecule has 3 aromatic carbocycles. The smallest absolute Gasteiger partial charge is 0.253 e. The van der Waals surface area contributed by atoms with Gasteiger partial charge in [0.25, 0.3) is 5.56 Å². The molecule has 2 aliphatic heterocycles. The van der Waals surface area contributed by atoms with Crippen molar-refractivity contribution in [3.05, 3.63) is 93.8 Å². The zero-order chi connectivity index (χ0) is 25.4. The summed E-state index contributed by atoms with van der Waals surface area (Å²) in [6.45, 7) is 3.23. The molecular weight excluding hydrogens is 490 g/mol. The van der Waals surface area contributed by atoms with Gasteiger partial charge in [-0.05, 0) is 54.5 Å². The summed E-state index contributed by atoms with van der Waals surface area (Å²) in [6, 6.07) is 21.5. The van der Waals surface area contributed by atoms with Gasteiger partial charge in [0.1, 0.15) is 0 Å². The molecule has 188 valence electrons. The molecule has 6 rings (SSSR count). The number of H-pyrrole nitrogens is 1. The number of hydrogen-bond donors (Lipinski definition) is 2. The number of pyridine rings is 1. The lowest BCUT2D eigenvalue weighted by atomic mass is 10.1. The summed E-state index contributed by atoms with van der Waals surface area (Å²) in [7, 11) is 0. The molecule has 0 radical (unpaired) electrons. The highest BCUT2D eigenvalue weighted by atomic mass is 32.1. The average Bonchev–Trinajstić information content (AvgIpc) is 3.56. The third kappa shape index (κ3) is 4.77. The van der Waals surface area contributed by atoms with Gasteiger partial charge in [-0.15, -0.1) is 0 Å². The molecule has 1 aromatic heterocycles. The number of benzene rings is 3. The number of rotatable bonds is 6. The first-order chi connectivity index (χ1) is 18.0. The van der Waals surface area contributed by atoms with E-state index in [1.54, 1.807) is 6.07 Å². The van der Waals surface area contributed by atoms with Crippen LogP contribution in [0.25, 0.3) is 10.9 Å². The Balaban J connectivity index is 1.30. The van der Waals surface area contributed by atoms with E-state index in [0.29, 0.717) is 46.5 Å². The van der Waals surface area contributed by atoms with E-state index in [1.165, 1.54) is 0 Å². The molecule has 0 spiro atoms. The van der Waals surface area contributed by atoms with Gasteiger partial charge in [-0.25, -0.2) is 0 Å². The second-order valence-corrected chi connectivity index (χ2v) is 9.43. The number of aromatic amines is 1. The van der Waals surface area contributed by atoms with Crippen molar-refractivity contribution < 1.29 is 18.9 Å². The van der Waals surface area contributed by atoms with Crippen molar-refractivity contribution in [1.29, 1.82) is 0 Å². The summed E-state index contributed by atoms with van der Waals surface area (Å²) in [5, 5.41) is 4.83. The summed E-state index contributed by atoms with van der Waals surface area (Å²) in [6.07, 6.45) is 0. The van der Waals surface area contributed by atoms with Crippen LogP contribution in [0.4, 0.5) is 0 Å². The van der Waals surface area contributed by atoms with Gasteiger partial charge >= 0.3 is 0 Å². The molecule has 0 saturated carbocycles. The molecule has 3 heterocycles. The van der Waals surface area contributed by atoms with Crippen molar-refractivity contribution in [2.45, 2.75) is 26.1 Å². The fourth-order valence-electron chi connectivity index (χ4n) is 4.53. The second kappa shape index (κ2) is 9.67. The van der Waals surface area contributed by atoms with E-state index in [2.05, 4.69) is 29.4 Å². The molecule has 0 aliphatic carbocycles. The topological polar surface area (TPSA) is 85.1 Å². The molecule has 37 heavy (non-hydrogen) atoms. The molecule has 2 N–H and O–H groups in total. The van der Waals surface area contributed by atoms with Gasteiger partial charge in [0.05, 0.1) is 18.1 Å². The molecule has 0 bridgehead atoms. The van der Waals surface area contributed by atoms with Crippen molar-refractivity contribution in [2.75, 3.05) is 13.6 Å². The monoisotopic (exact) mass is 515 g/mol. The van der Waals surface area contributed by atoms with Crippen molar-refractivity contribution in [1.82, 2.24) is 15.2 Å². The zero-order valence-electron chi connectivity index (χ0n) is 20.2. The van der Waals surface area contributed by atoms with Gasteiger partial charge in [0.15, 0.2) is 28.1 Å². The van der Waals surface area contributed by atoms with E-state index in [0.717, 1.165) is 22.3 Å². The molecule has 0 unspecified atom stereocenters. The first kappa shape index (κ1) is 23.2. The standard InChI is InChI=1S/C28H25N3O5S/c1-17(19-5-3-2-4-6-19)29-28(37)31(13-18-7-8-23-24(9-18)34-15-33-23)14-21-10-20-11-25-26(36-16-35-25)12-22(20)30-27(21)32/h2-12,17H,13-16H2,1H3,(H,29,37)(H,30,32)/t17-/m0/s1. The van der Waals surface area contributed by atoms with E-state index in [-0.39, 0.29) is 25.2 Å². The maximum absolute atomic E-state index is 13.1. The molecule has 4 aromatic rings. The number of aromatic nitrogens is 1. The minimum atomic E-state index is -0.180. The van der Waals surface area contributed by atoms with Crippen molar-refractivity contribution in [2.24, 2.45) is 0 Å². The number of ether oxygens (including phenoxy) is 4. The Bertz CT molecular complexity index is 1540. The van der Waals surface area contributed by atoms with Crippen molar-refractivity contribution in [3.63, 3.8) is 0 Å². The number of nitrogens with zero attached hydrogens (tertiary/aromatic N) is 1. The van der Waals surface area contributed by atoms with E-state index in [9.17, 15) is 4.79 Å². The predicted molar refractivity (Wildman–Crippen MR) is 143 cm³/mol. The van der Waals surface area contributed by atoms with E-state index < -0.39 is 0 Å². The Labute approximate surface area is 218 Å². The fraction of sp³-hybridized carbons (Fsp3) is 0.214. The summed E-state index contributed by atoms with van der Waals surface area (Å²) < 4.78 is 22.0. The van der Waals surface area contributed by atoms with Crippen LogP contribution in [0.2, 0.25) is 0 Å². The molecule has 2 aliphatic rings. The van der Waals surface area contributed by atoms with Crippen LogP contribution in [0.3, 0.4) is 0 Å². The van der Waals surface area contributed by atoms with Crippen LogP contribution in [-0.4, -0.2) is 28.6 Å². The van der Waals surface area contributed by atoms with Crippen LogP contribution in [-0.2, 0) is 13.1 Å². The van der Waals surface area contributed by atoms with Gasteiger partial charge < -0.3 is 34.1 Å². The van der Waals surface area contributed by atoms with Crippen LogP contribution < -0.4 is 29.8 Å². The number of thiocarbonyl (C=S) groups is 1. The first-order valence-electron chi connectivity index (χ1n) is 12.0. The highest BCUT2D eigenvalue weighted by Gasteiger charge is 2.20. The van der Waals surface area contributed by atoms with Crippen LogP contribution in [0.5, 0.6) is 23.0 Å². The number of hydrogen-bond acceptors (Lipinski definition) is 6. The predicted octanol–water partition coefficient (Wildman–Crippen LogP) is 4.62. The Morgan fingerprint density at radius 1 is 0.919 bits per heavy atom. The van der Waals surface area contributed by atoms with E-state index in [4.69, 9.17) is 31.2 Å². The first-order valence-corrected chi connectivity index (χ1v) is 12.4. The van der Waals surface area contributed by atoms with Gasteiger partial charge in [-0.1, -0.05) is 36.4 Å². The SMILES string of the molecule is C[C@H](NC(=S)N(Cc1ccc2c(c1)OCO2)Cc1cc2cc3c(cc2[nH]c1=O)OCO3)c1ccccc1. The Morgan fingerprint density at radius 3 is 2.41 bits per heavy atom. The van der Waals surface area contributed by atoms with Crippen molar-refractivity contribution in [3.8, 4) is 23.0 Å². The van der Waals surface area contributed by atoms with Crippen LogP contribution in [0.15, 0.2) is 71.5 Å². The minimum absolute atomic E-state index is 0.0115. The molecule has 8 nitrogen and oxygen atoms in total. The summed E-state index contributed by atoms with van der Waals surface area (Å²) in [4.78, 5) is 18.0. The maximum atomic E-state index is 13.1. The van der Waals surface area contributed by atoms with Crippen molar-refractivity contribution >= 4 is 28.2 Å². The molecule has 0 amide bonds. The van der Waals surface area contributed by atoms with E-state index in [1.807, 2.05) is 53.4 Å². The Hall–Kier alpha value is -4.24. The highest BCUT2D eigenvalue weighted by molar-refractivity contribution is 7.80. The average molecular weight is 516 g/mol. The fourth-order valence-corrected chi connectivity index (χ4v) is 4.83. The van der Waals surface area contributed by atoms with Gasteiger partial charge in [-0.3, -0.25) is 4.79 Å². The Morgan fingerprint density at radius 2 is 1.62 bits per heavy atom. The maximum Gasteiger partial charge on any atom is 0.253 e. The molecular formula is C28H25N3O5S. The molecule has 1 atom stereocenters. The third-order valence-corrected chi connectivity index (χ3v) is 6.89. The summed E-state index contributed by atoms with van der Waals surface area (Å²) in [5.74, 6) is 2.71. The van der Waals surface area contributed by atoms with Gasteiger partial charge in [0, 0.05) is 23.6 Å². The largest absolute Gasteiger partial charge is 0.454 e. The highest BCUT2D eigenvalue weighted by Crippen LogP contribution is 2.35. The van der Waals surface area contributed by atoms with Crippen LogP contribution >= 0.6 is 12.2 Å². The Kier molecular flexibility index (Phi) is 6.05. The third-order valence-electron chi connectivity index (χ3n) is 6.51. The number of nitrogens with one attached hydrogen (secondary N) is 2. The van der Waals surface area contributed by atoms with Gasteiger partial charge in [0.2, 0.25) is 13.6 Å². The van der Waals surface area contributed by atoms with Crippen LogP contribution in [0.1, 0.15) is 29.7 Å². The second-order valence-electron chi connectivity index (χ2n) is 9.04. The molecule has 9 heteroatoms. The number of fused-ring (bicyclic) bond motifs is 3. The summed E-state index contributed by atoms with van der Waals surface area (Å²) in [5.41, 5.74) is 3.21. The van der Waals surface area contributed by atoms with Crippen LogP contribution in [0, 0.1) is 0 Å². The van der Waals surface area contributed by atoms with E-state index >= 15 is 0 Å². The van der Waals surface area contributed by atoms with Gasteiger partial charge in [-0.2, -0.15) is 0 Å². The zero-order valence-corrected chi connectivity index (χ0v) is 21.0. The normalized spacial score (nSPS) is 14.0. The lowest BCUT2D eigenvalue weighted by molar-refractivity contribution is 0.173. The molecule has 0 saturated heterocycles. The molecule has 0 fully saturated rings. The summed E-state index contributed by atoms with van der Waals surface area (Å²) >= 11 is 5.86. The lowest BCUT2D eigenvalue weighted by Gasteiger charge is -2.28. The quantitative estimate of drug-likeness (QED) is 0.360.